The van der Waals surface area contributed by atoms with Gasteiger partial charge in [0.2, 0.25) is 0 Å². The summed E-state index contributed by atoms with van der Waals surface area (Å²) in [6.45, 7) is 5.87. The van der Waals surface area contributed by atoms with Gasteiger partial charge in [-0.3, -0.25) is 0 Å². The van der Waals surface area contributed by atoms with Gasteiger partial charge >= 0.3 is 0 Å². The lowest BCUT2D eigenvalue weighted by atomic mass is 10.1. The zero-order valence-electron chi connectivity index (χ0n) is 12.7. The van der Waals surface area contributed by atoms with E-state index < -0.39 is 15.9 Å². The SMILES string of the molecule is CC(C)CCCOCC(O)CNC1CCS(=O)(=O)CC1. The van der Waals surface area contributed by atoms with Gasteiger partial charge in [-0.2, -0.15) is 0 Å². The Bertz CT molecular complexity index is 342. The second-order valence-electron chi connectivity index (χ2n) is 6.10. The van der Waals surface area contributed by atoms with Crippen LogP contribution < -0.4 is 5.32 Å². The van der Waals surface area contributed by atoms with Crippen LogP contribution in [-0.4, -0.2) is 56.9 Å². The van der Waals surface area contributed by atoms with E-state index in [0.717, 1.165) is 12.8 Å². The monoisotopic (exact) mass is 307 g/mol. The van der Waals surface area contributed by atoms with Crippen LogP contribution in [0, 0.1) is 5.92 Å². The summed E-state index contributed by atoms with van der Waals surface area (Å²) in [6, 6.07) is 0.203. The average molecular weight is 307 g/mol. The molecule has 1 unspecified atom stereocenters. The number of nitrogens with one attached hydrogen (secondary N) is 1. The summed E-state index contributed by atoms with van der Waals surface area (Å²) in [5.41, 5.74) is 0. The number of hydrogen-bond acceptors (Lipinski definition) is 5. The van der Waals surface area contributed by atoms with Crippen molar-refractivity contribution in [1.29, 1.82) is 0 Å². The lowest BCUT2D eigenvalue weighted by Crippen LogP contribution is -2.42. The molecule has 1 fully saturated rings. The van der Waals surface area contributed by atoms with E-state index in [-0.39, 0.29) is 17.5 Å². The van der Waals surface area contributed by atoms with Gasteiger partial charge in [0.05, 0.1) is 24.2 Å². The van der Waals surface area contributed by atoms with E-state index >= 15 is 0 Å². The van der Waals surface area contributed by atoms with Gasteiger partial charge in [0, 0.05) is 19.2 Å². The molecule has 0 aromatic rings. The Balaban J connectivity index is 2.01. The van der Waals surface area contributed by atoms with Gasteiger partial charge in [-0.15, -0.1) is 0 Å². The number of aliphatic hydroxyl groups excluding tert-OH is 1. The first-order valence-corrected chi connectivity index (χ1v) is 9.41. The molecule has 6 heteroatoms. The Morgan fingerprint density at radius 3 is 2.55 bits per heavy atom. The summed E-state index contributed by atoms with van der Waals surface area (Å²) in [6.07, 6.45) is 2.94. The molecule has 0 aliphatic carbocycles. The molecule has 2 N–H and O–H groups in total. The van der Waals surface area contributed by atoms with Gasteiger partial charge in [0.1, 0.15) is 9.84 Å². The molecule has 0 aromatic carbocycles. The summed E-state index contributed by atoms with van der Waals surface area (Å²) in [4.78, 5) is 0. The lowest BCUT2D eigenvalue weighted by Gasteiger charge is -2.24. The summed E-state index contributed by atoms with van der Waals surface area (Å²) in [5.74, 6) is 1.20. The van der Waals surface area contributed by atoms with E-state index in [1.165, 1.54) is 0 Å². The highest BCUT2D eigenvalue weighted by Crippen LogP contribution is 2.12. The summed E-state index contributed by atoms with van der Waals surface area (Å²) in [5, 5.41) is 13.0. The molecule has 1 heterocycles. The minimum absolute atomic E-state index is 0.203. The Morgan fingerprint density at radius 2 is 1.95 bits per heavy atom. The minimum atomic E-state index is -2.81. The minimum Gasteiger partial charge on any atom is -0.389 e. The third-order valence-corrected chi connectivity index (χ3v) is 5.29. The van der Waals surface area contributed by atoms with Gasteiger partial charge in [-0.25, -0.2) is 8.42 Å². The molecule has 5 nitrogen and oxygen atoms in total. The van der Waals surface area contributed by atoms with E-state index in [1.54, 1.807) is 0 Å². The number of ether oxygens (including phenoxy) is 1. The Hall–Kier alpha value is -0.170. The van der Waals surface area contributed by atoms with Gasteiger partial charge in [0.25, 0.3) is 0 Å². The highest BCUT2D eigenvalue weighted by Gasteiger charge is 2.23. The van der Waals surface area contributed by atoms with Crippen LogP contribution in [0.1, 0.15) is 39.5 Å². The predicted octanol–water partition coefficient (Wildman–Crippen LogP) is 0.967. The third kappa shape index (κ3) is 8.19. The number of sulfone groups is 1. The Labute approximate surface area is 123 Å². The van der Waals surface area contributed by atoms with E-state index in [0.29, 0.717) is 38.5 Å². The van der Waals surface area contributed by atoms with E-state index in [2.05, 4.69) is 19.2 Å². The highest BCUT2D eigenvalue weighted by molar-refractivity contribution is 7.91. The maximum atomic E-state index is 11.3. The normalized spacial score (nSPS) is 21.2. The topological polar surface area (TPSA) is 75.6 Å². The molecule has 0 aromatic heterocycles. The van der Waals surface area contributed by atoms with Crippen molar-refractivity contribution in [3.05, 3.63) is 0 Å². The number of aliphatic hydroxyl groups is 1. The molecule has 0 bridgehead atoms. The maximum absolute atomic E-state index is 11.3. The molecule has 0 radical (unpaired) electrons. The fraction of sp³-hybridized carbons (Fsp3) is 1.00. The van der Waals surface area contributed by atoms with Crippen LogP contribution in [0.4, 0.5) is 0 Å². The molecule has 0 saturated carbocycles. The smallest absolute Gasteiger partial charge is 0.150 e. The molecular weight excluding hydrogens is 278 g/mol. The van der Waals surface area contributed by atoms with Crippen LogP contribution in [0.15, 0.2) is 0 Å². The quantitative estimate of drug-likeness (QED) is 0.621. The second kappa shape index (κ2) is 8.97. The van der Waals surface area contributed by atoms with Crippen molar-refractivity contribution >= 4 is 9.84 Å². The standard InChI is InChI=1S/C14H29NO4S/c1-12(2)4-3-7-19-11-14(16)10-15-13-5-8-20(17,18)9-6-13/h12-16H,3-11H2,1-2H3. The summed E-state index contributed by atoms with van der Waals surface area (Å²) in [7, 11) is -2.81. The highest BCUT2D eigenvalue weighted by atomic mass is 32.2. The molecule has 120 valence electrons. The molecule has 1 aliphatic heterocycles. The first-order chi connectivity index (χ1) is 9.39. The van der Waals surface area contributed by atoms with E-state index in [9.17, 15) is 13.5 Å². The van der Waals surface area contributed by atoms with E-state index in [4.69, 9.17) is 4.74 Å². The van der Waals surface area contributed by atoms with Crippen LogP contribution in [0.5, 0.6) is 0 Å². The van der Waals surface area contributed by atoms with Crippen LogP contribution in [0.25, 0.3) is 0 Å². The van der Waals surface area contributed by atoms with Crippen molar-refractivity contribution in [3.8, 4) is 0 Å². The fourth-order valence-electron chi connectivity index (χ4n) is 2.27. The first kappa shape index (κ1) is 17.9. The van der Waals surface area contributed by atoms with Crippen molar-refractivity contribution in [2.24, 2.45) is 5.92 Å². The van der Waals surface area contributed by atoms with Gasteiger partial charge in [0.15, 0.2) is 0 Å². The first-order valence-electron chi connectivity index (χ1n) is 7.58. The van der Waals surface area contributed by atoms with Crippen molar-refractivity contribution in [1.82, 2.24) is 5.32 Å². The predicted molar refractivity (Wildman–Crippen MR) is 80.6 cm³/mol. The molecule has 1 saturated heterocycles. The Morgan fingerprint density at radius 1 is 1.30 bits per heavy atom. The molecule has 0 spiro atoms. The van der Waals surface area contributed by atoms with Crippen molar-refractivity contribution in [2.75, 3.05) is 31.3 Å². The van der Waals surface area contributed by atoms with Gasteiger partial charge in [-0.1, -0.05) is 13.8 Å². The van der Waals surface area contributed by atoms with Gasteiger partial charge in [-0.05, 0) is 31.6 Å². The Kier molecular flexibility index (Phi) is 8.02. The zero-order chi connectivity index (χ0) is 15.0. The van der Waals surface area contributed by atoms with Crippen LogP contribution >= 0.6 is 0 Å². The number of hydrogen-bond donors (Lipinski definition) is 2. The molecule has 1 rings (SSSR count). The molecule has 20 heavy (non-hydrogen) atoms. The van der Waals surface area contributed by atoms with Crippen molar-refractivity contribution in [2.45, 2.75) is 51.7 Å². The average Bonchev–Trinajstić information content (AvgIpc) is 2.36. The molecule has 1 atom stereocenters. The van der Waals surface area contributed by atoms with Gasteiger partial charge < -0.3 is 15.2 Å². The molecular formula is C14H29NO4S. The summed E-state index contributed by atoms with van der Waals surface area (Å²) >= 11 is 0. The largest absolute Gasteiger partial charge is 0.389 e. The van der Waals surface area contributed by atoms with Crippen molar-refractivity contribution in [3.63, 3.8) is 0 Å². The number of rotatable bonds is 9. The fourth-order valence-corrected chi connectivity index (χ4v) is 3.76. The molecule has 1 aliphatic rings. The zero-order valence-corrected chi connectivity index (χ0v) is 13.5. The maximum Gasteiger partial charge on any atom is 0.150 e. The lowest BCUT2D eigenvalue weighted by molar-refractivity contribution is 0.0333. The third-order valence-electron chi connectivity index (χ3n) is 3.58. The van der Waals surface area contributed by atoms with Crippen molar-refractivity contribution < 1.29 is 18.3 Å². The van der Waals surface area contributed by atoms with Crippen LogP contribution in [0.3, 0.4) is 0 Å². The van der Waals surface area contributed by atoms with Crippen LogP contribution in [0.2, 0.25) is 0 Å². The summed E-state index contributed by atoms with van der Waals surface area (Å²) < 4.78 is 28.0. The second-order valence-corrected chi connectivity index (χ2v) is 8.40. The molecule has 0 amide bonds. The van der Waals surface area contributed by atoms with E-state index in [1.807, 2.05) is 0 Å². The van der Waals surface area contributed by atoms with Crippen LogP contribution in [-0.2, 0) is 14.6 Å².